The Bertz CT molecular complexity index is 463. The molecule has 1 aromatic carbocycles. The zero-order valence-corrected chi connectivity index (χ0v) is 12.2. The lowest BCUT2D eigenvalue weighted by molar-refractivity contribution is -0.384. The van der Waals surface area contributed by atoms with E-state index in [1.54, 1.807) is 24.3 Å². The standard InChI is InChI=1S/C15H23N3O2/c1-12-7-9-17(10-8-12)15(2,16)11-13-3-5-14(6-4-13)18(19)20/h3-6,12H,7-11,16H2,1-2H3. The molecule has 1 saturated heterocycles. The number of likely N-dealkylation sites (tertiary alicyclic amines) is 1. The fourth-order valence-electron chi connectivity index (χ4n) is 2.78. The summed E-state index contributed by atoms with van der Waals surface area (Å²) in [6.07, 6.45) is 3.08. The van der Waals surface area contributed by atoms with Crippen molar-refractivity contribution in [3.63, 3.8) is 0 Å². The van der Waals surface area contributed by atoms with Gasteiger partial charge in [-0.25, -0.2) is 0 Å². The number of hydrogen-bond acceptors (Lipinski definition) is 4. The van der Waals surface area contributed by atoms with Gasteiger partial charge in [-0.15, -0.1) is 0 Å². The van der Waals surface area contributed by atoms with Crippen LogP contribution in [0.25, 0.3) is 0 Å². The van der Waals surface area contributed by atoms with Crippen LogP contribution in [0, 0.1) is 16.0 Å². The van der Waals surface area contributed by atoms with Crippen molar-refractivity contribution in [3.05, 3.63) is 39.9 Å². The first kappa shape index (κ1) is 14.9. The molecule has 5 nitrogen and oxygen atoms in total. The highest BCUT2D eigenvalue weighted by atomic mass is 16.6. The summed E-state index contributed by atoms with van der Waals surface area (Å²) in [6.45, 7) is 6.38. The van der Waals surface area contributed by atoms with E-state index in [2.05, 4.69) is 11.8 Å². The monoisotopic (exact) mass is 277 g/mol. The molecule has 1 aliphatic heterocycles. The van der Waals surface area contributed by atoms with Gasteiger partial charge in [0, 0.05) is 31.6 Å². The normalized spacial score (nSPS) is 20.6. The summed E-state index contributed by atoms with van der Waals surface area (Å²) in [6, 6.07) is 6.69. The summed E-state index contributed by atoms with van der Waals surface area (Å²) < 4.78 is 0. The van der Waals surface area contributed by atoms with Crippen LogP contribution in [0.1, 0.15) is 32.3 Å². The van der Waals surface area contributed by atoms with Crippen molar-refractivity contribution in [3.8, 4) is 0 Å². The van der Waals surface area contributed by atoms with Crippen LogP contribution in [-0.2, 0) is 6.42 Å². The third-order valence-electron chi connectivity index (χ3n) is 4.22. The minimum Gasteiger partial charge on any atom is -0.313 e. The highest BCUT2D eigenvalue weighted by molar-refractivity contribution is 5.33. The van der Waals surface area contributed by atoms with E-state index in [0.29, 0.717) is 6.42 Å². The van der Waals surface area contributed by atoms with Crippen LogP contribution in [0.5, 0.6) is 0 Å². The summed E-state index contributed by atoms with van der Waals surface area (Å²) in [4.78, 5) is 12.6. The Labute approximate surface area is 119 Å². The van der Waals surface area contributed by atoms with Crippen molar-refractivity contribution < 1.29 is 4.92 Å². The number of nitrogens with two attached hydrogens (primary N) is 1. The Morgan fingerprint density at radius 1 is 1.35 bits per heavy atom. The van der Waals surface area contributed by atoms with Gasteiger partial charge in [-0.1, -0.05) is 19.1 Å². The van der Waals surface area contributed by atoms with Crippen molar-refractivity contribution in [2.45, 2.75) is 38.8 Å². The molecule has 2 N–H and O–H groups in total. The first-order valence-corrected chi connectivity index (χ1v) is 7.16. The molecule has 1 aromatic rings. The van der Waals surface area contributed by atoms with Gasteiger partial charge in [-0.3, -0.25) is 15.0 Å². The number of benzene rings is 1. The van der Waals surface area contributed by atoms with Gasteiger partial charge in [0.2, 0.25) is 0 Å². The molecular weight excluding hydrogens is 254 g/mol. The van der Waals surface area contributed by atoms with Crippen molar-refractivity contribution >= 4 is 5.69 Å². The number of nitro benzene ring substituents is 1. The van der Waals surface area contributed by atoms with E-state index >= 15 is 0 Å². The fraction of sp³-hybridized carbons (Fsp3) is 0.600. The van der Waals surface area contributed by atoms with Crippen molar-refractivity contribution in [1.29, 1.82) is 0 Å². The fourth-order valence-corrected chi connectivity index (χ4v) is 2.78. The topological polar surface area (TPSA) is 72.4 Å². The molecule has 0 radical (unpaired) electrons. The number of nitro groups is 1. The molecule has 0 amide bonds. The average Bonchev–Trinajstić information content (AvgIpc) is 2.39. The molecule has 0 spiro atoms. The molecule has 20 heavy (non-hydrogen) atoms. The van der Waals surface area contributed by atoms with Gasteiger partial charge < -0.3 is 5.73 Å². The van der Waals surface area contributed by atoms with Crippen LogP contribution < -0.4 is 5.73 Å². The van der Waals surface area contributed by atoms with Crippen molar-refractivity contribution in [1.82, 2.24) is 4.90 Å². The van der Waals surface area contributed by atoms with E-state index in [1.165, 1.54) is 12.8 Å². The van der Waals surface area contributed by atoms with E-state index in [0.717, 1.165) is 24.6 Å². The maximum absolute atomic E-state index is 10.6. The quantitative estimate of drug-likeness (QED) is 0.678. The second kappa shape index (κ2) is 5.89. The smallest absolute Gasteiger partial charge is 0.269 e. The predicted octanol–water partition coefficient (Wildman–Crippen LogP) is 2.54. The summed E-state index contributed by atoms with van der Waals surface area (Å²) in [7, 11) is 0. The lowest BCUT2D eigenvalue weighted by Gasteiger charge is -2.42. The van der Waals surface area contributed by atoms with Gasteiger partial charge >= 0.3 is 0 Å². The lowest BCUT2D eigenvalue weighted by Crippen LogP contribution is -2.57. The number of nitrogens with zero attached hydrogens (tertiary/aromatic N) is 2. The molecule has 5 heteroatoms. The highest BCUT2D eigenvalue weighted by Gasteiger charge is 2.30. The molecule has 1 atom stereocenters. The Kier molecular flexibility index (Phi) is 4.40. The van der Waals surface area contributed by atoms with Gasteiger partial charge in [-0.2, -0.15) is 0 Å². The van der Waals surface area contributed by atoms with E-state index in [9.17, 15) is 10.1 Å². The van der Waals surface area contributed by atoms with E-state index in [1.807, 2.05) is 6.92 Å². The van der Waals surface area contributed by atoms with Crippen LogP contribution in [0.4, 0.5) is 5.69 Å². The number of piperidine rings is 1. The molecule has 0 aliphatic carbocycles. The van der Waals surface area contributed by atoms with Crippen LogP contribution in [0.2, 0.25) is 0 Å². The molecule has 1 aliphatic rings. The molecule has 0 saturated carbocycles. The predicted molar refractivity (Wildman–Crippen MR) is 79.4 cm³/mol. The van der Waals surface area contributed by atoms with Crippen LogP contribution in [-0.4, -0.2) is 28.6 Å². The molecule has 1 unspecified atom stereocenters. The average molecular weight is 277 g/mol. The summed E-state index contributed by atoms with van der Waals surface area (Å²) >= 11 is 0. The van der Waals surface area contributed by atoms with Crippen LogP contribution in [0.3, 0.4) is 0 Å². The second-order valence-corrected chi connectivity index (χ2v) is 6.13. The molecule has 1 fully saturated rings. The second-order valence-electron chi connectivity index (χ2n) is 6.13. The Hall–Kier alpha value is -1.46. The number of hydrogen-bond donors (Lipinski definition) is 1. The van der Waals surface area contributed by atoms with Crippen LogP contribution >= 0.6 is 0 Å². The summed E-state index contributed by atoms with van der Waals surface area (Å²) in [5.74, 6) is 0.779. The molecule has 1 heterocycles. The Morgan fingerprint density at radius 2 is 1.90 bits per heavy atom. The Balaban J connectivity index is 2.02. The van der Waals surface area contributed by atoms with Gasteiger partial charge in [0.1, 0.15) is 0 Å². The lowest BCUT2D eigenvalue weighted by atomic mass is 9.93. The summed E-state index contributed by atoms with van der Waals surface area (Å²) in [5, 5.41) is 10.6. The van der Waals surface area contributed by atoms with E-state index < -0.39 is 5.66 Å². The minimum atomic E-state index is -0.393. The van der Waals surface area contributed by atoms with E-state index in [-0.39, 0.29) is 10.6 Å². The third-order valence-corrected chi connectivity index (χ3v) is 4.22. The first-order chi connectivity index (χ1) is 9.38. The van der Waals surface area contributed by atoms with Gasteiger partial charge in [0.05, 0.1) is 10.6 Å². The minimum absolute atomic E-state index is 0.124. The molecule has 0 bridgehead atoms. The number of rotatable bonds is 4. The van der Waals surface area contributed by atoms with Crippen molar-refractivity contribution in [2.24, 2.45) is 11.7 Å². The Morgan fingerprint density at radius 3 is 2.40 bits per heavy atom. The molecule has 2 rings (SSSR count). The first-order valence-electron chi connectivity index (χ1n) is 7.16. The van der Waals surface area contributed by atoms with Gasteiger partial charge in [0.15, 0.2) is 0 Å². The highest BCUT2D eigenvalue weighted by Crippen LogP contribution is 2.24. The summed E-state index contributed by atoms with van der Waals surface area (Å²) in [5.41, 5.74) is 7.23. The largest absolute Gasteiger partial charge is 0.313 e. The van der Waals surface area contributed by atoms with E-state index in [4.69, 9.17) is 5.73 Å². The molecule has 110 valence electrons. The number of non-ortho nitro benzene ring substituents is 1. The van der Waals surface area contributed by atoms with Gasteiger partial charge in [0.25, 0.3) is 5.69 Å². The third kappa shape index (κ3) is 3.55. The van der Waals surface area contributed by atoms with Crippen LogP contribution in [0.15, 0.2) is 24.3 Å². The SMILES string of the molecule is CC1CCN(C(C)(N)Cc2ccc([N+](=O)[O-])cc2)CC1. The maximum Gasteiger partial charge on any atom is 0.269 e. The maximum atomic E-state index is 10.6. The molecule has 0 aromatic heterocycles. The molecular formula is C15H23N3O2. The zero-order valence-electron chi connectivity index (χ0n) is 12.2. The zero-order chi connectivity index (χ0) is 14.8. The van der Waals surface area contributed by atoms with Gasteiger partial charge in [-0.05, 0) is 31.2 Å². The van der Waals surface area contributed by atoms with Crippen molar-refractivity contribution in [2.75, 3.05) is 13.1 Å².